The van der Waals surface area contributed by atoms with Crippen LogP contribution in [0.15, 0.2) is 51.4 Å². The highest BCUT2D eigenvalue weighted by Crippen LogP contribution is 2.32. The molecule has 18 heavy (non-hydrogen) atoms. The molecule has 0 aliphatic rings. The molecule has 0 saturated heterocycles. The molecule has 0 spiro atoms. The van der Waals surface area contributed by atoms with Crippen molar-refractivity contribution in [1.82, 2.24) is 0 Å². The van der Waals surface area contributed by atoms with Gasteiger partial charge in [-0.3, -0.25) is 0 Å². The predicted molar refractivity (Wildman–Crippen MR) is 79.0 cm³/mol. The van der Waals surface area contributed by atoms with Gasteiger partial charge in [-0.1, -0.05) is 28.1 Å². The van der Waals surface area contributed by atoms with Gasteiger partial charge in [-0.05, 0) is 58.7 Å². The van der Waals surface area contributed by atoms with Crippen LogP contribution >= 0.6 is 31.9 Å². The summed E-state index contributed by atoms with van der Waals surface area (Å²) in [6.07, 6.45) is -0.460. The van der Waals surface area contributed by atoms with Crippen LogP contribution in [0.1, 0.15) is 18.6 Å². The lowest BCUT2D eigenvalue weighted by Gasteiger charge is -2.09. The summed E-state index contributed by atoms with van der Waals surface area (Å²) >= 11 is 6.84. The third kappa shape index (κ3) is 3.34. The highest BCUT2D eigenvalue weighted by Gasteiger charge is 2.05. The van der Waals surface area contributed by atoms with Crippen molar-refractivity contribution in [3.05, 3.63) is 57.0 Å². The van der Waals surface area contributed by atoms with Crippen molar-refractivity contribution >= 4 is 31.9 Å². The van der Waals surface area contributed by atoms with Crippen LogP contribution in [0.3, 0.4) is 0 Å². The largest absolute Gasteiger partial charge is 0.456 e. The second-order valence-corrected chi connectivity index (χ2v) is 5.69. The first-order valence-electron chi connectivity index (χ1n) is 5.47. The minimum absolute atomic E-state index is 0.460. The summed E-state index contributed by atoms with van der Waals surface area (Å²) in [5.74, 6) is 1.49. The number of halogens is 2. The smallest absolute Gasteiger partial charge is 0.141 e. The predicted octanol–water partition coefficient (Wildman–Crippen LogP) is 5.06. The number of rotatable bonds is 3. The molecule has 0 saturated carbocycles. The van der Waals surface area contributed by atoms with Crippen molar-refractivity contribution in [2.45, 2.75) is 13.0 Å². The normalized spacial score (nSPS) is 12.2. The van der Waals surface area contributed by atoms with Gasteiger partial charge in [0.25, 0.3) is 0 Å². The molecule has 1 N–H and O–H groups in total. The van der Waals surface area contributed by atoms with E-state index in [0.717, 1.165) is 26.0 Å². The Balaban J connectivity index is 2.18. The number of ether oxygens (including phenoxy) is 1. The zero-order valence-corrected chi connectivity index (χ0v) is 12.9. The standard InChI is InChI=1S/C14H12Br2O2/c1-9(17)10-2-5-12(6-3-10)18-14-7-4-11(15)8-13(14)16/h2-9,17H,1H3. The van der Waals surface area contributed by atoms with Crippen LogP contribution in [-0.4, -0.2) is 5.11 Å². The van der Waals surface area contributed by atoms with Crippen molar-refractivity contribution in [3.63, 3.8) is 0 Å². The topological polar surface area (TPSA) is 29.5 Å². The van der Waals surface area contributed by atoms with Crippen LogP contribution in [0, 0.1) is 0 Å². The summed E-state index contributed by atoms with van der Waals surface area (Å²) in [6, 6.07) is 13.1. The Kier molecular flexibility index (Phi) is 4.43. The molecule has 1 atom stereocenters. The van der Waals surface area contributed by atoms with E-state index in [1.165, 1.54) is 0 Å². The maximum absolute atomic E-state index is 9.43. The summed E-state index contributed by atoms with van der Waals surface area (Å²) in [5.41, 5.74) is 0.872. The van der Waals surface area contributed by atoms with Gasteiger partial charge in [0.1, 0.15) is 11.5 Å². The third-order valence-corrected chi connectivity index (χ3v) is 3.60. The maximum atomic E-state index is 9.43. The Morgan fingerprint density at radius 2 is 1.72 bits per heavy atom. The number of hydrogen-bond acceptors (Lipinski definition) is 2. The number of aliphatic hydroxyl groups is 1. The van der Waals surface area contributed by atoms with Crippen LogP contribution in [-0.2, 0) is 0 Å². The Morgan fingerprint density at radius 3 is 2.28 bits per heavy atom. The molecule has 0 aromatic heterocycles. The Hall–Kier alpha value is -0.840. The molecular formula is C14H12Br2O2. The van der Waals surface area contributed by atoms with Gasteiger partial charge in [-0.2, -0.15) is 0 Å². The monoisotopic (exact) mass is 370 g/mol. The first-order chi connectivity index (χ1) is 8.56. The Bertz CT molecular complexity index is 536. The Morgan fingerprint density at radius 1 is 1.06 bits per heavy atom. The van der Waals surface area contributed by atoms with Gasteiger partial charge in [0.2, 0.25) is 0 Å². The SMILES string of the molecule is CC(O)c1ccc(Oc2ccc(Br)cc2Br)cc1. The number of hydrogen-bond donors (Lipinski definition) is 1. The van der Waals surface area contributed by atoms with E-state index in [1.807, 2.05) is 42.5 Å². The minimum atomic E-state index is -0.460. The lowest BCUT2D eigenvalue weighted by atomic mass is 10.1. The molecule has 2 aromatic rings. The van der Waals surface area contributed by atoms with E-state index in [4.69, 9.17) is 4.74 Å². The lowest BCUT2D eigenvalue weighted by molar-refractivity contribution is 0.199. The van der Waals surface area contributed by atoms with Crippen molar-refractivity contribution in [2.75, 3.05) is 0 Å². The molecule has 0 bridgehead atoms. The zero-order valence-electron chi connectivity index (χ0n) is 9.73. The minimum Gasteiger partial charge on any atom is -0.456 e. The molecular weight excluding hydrogens is 360 g/mol. The summed E-state index contributed by atoms with van der Waals surface area (Å²) in [7, 11) is 0. The van der Waals surface area contributed by atoms with Gasteiger partial charge in [-0.25, -0.2) is 0 Å². The first kappa shape index (κ1) is 13.6. The molecule has 0 amide bonds. The number of aliphatic hydroxyl groups excluding tert-OH is 1. The molecule has 2 rings (SSSR count). The molecule has 0 aliphatic carbocycles. The van der Waals surface area contributed by atoms with E-state index in [0.29, 0.717) is 0 Å². The average molecular weight is 372 g/mol. The van der Waals surface area contributed by atoms with Gasteiger partial charge < -0.3 is 9.84 Å². The van der Waals surface area contributed by atoms with E-state index in [-0.39, 0.29) is 0 Å². The molecule has 2 aromatic carbocycles. The molecule has 4 heteroatoms. The van der Waals surface area contributed by atoms with E-state index in [2.05, 4.69) is 31.9 Å². The molecule has 0 fully saturated rings. The van der Waals surface area contributed by atoms with Crippen LogP contribution < -0.4 is 4.74 Å². The highest BCUT2D eigenvalue weighted by atomic mass is 79.9. The van der Waals surface area contributed by atoms with E-state index >= 15 is 0 Å². The van der Waals surface area contributed by atoms with E-state index in [9.17, 15) is 5.11 Å². The maximum Gasteiger partial charge on any atom is 0.141 e. The molecule has 0 heterocycles. The molecule has 94 valence electrons. The average Bonchev–Trinajstić information content (AvgIpc) is 2.33. The van der Waals surface area contributed by atoms with E-state index < -0.39 is 6.10 Å². The van der Waals surface area contributed by atoms with Gasteiger partial charge in [0.05, 0.1) is 10.6 Å². The van der Waals surface area contributed by atoms with Crippen molar-refractivity contribution < 1.29 is 9.84 Å². The lowest BCUT2D eigenvalue weighted by Crippen LogP contribution is -1.91. The van der Waals surface area contributed by atoms with Gasteiger partial charge in [0, 0.05) is 4.47 Å². The number of benzene rings is 2. The fraction of sp³-hybridized carbons (Fsp3) is 0.143. The van der Waals surface area contributed by atoms with Crippen LogP contribution in [0.5, 0.6) is 11.5 Å². The van der Waals surface area contributed by atoms with Crippen molar-refractivity contribution in [1.29, 1.82) is 0 Å². The van der Waals surface area contributed by atoms with Crippen LogP contribution in [0.25, 0.3) is 0 Å². The summed E-state index contributed by atoms with van der Waals surface area (Å²) < 4.78 is 7.63. The summed E-state index contributed by atoms with van der Waals surface area (Å²) in [5, 5.41) is 9.43. The molecule has 0 aliphatic heterocycles. The second kappa shape index (κ2) is 5.87. The van der Waals surface area contributed by atoms with Gasteiger partial charge in [0.15, 0.2) is 0 Å². The molecule has 2 nitrogen and oxygen atoms in total. The second-order valence-electron chi connectivity index (χ2n) is 3.92. The van der Waals surface area contributed by atoms with Crippen molar-refractivity contribution in [3.8, 4) is 11.5 Å². The van der Waals surface area contributed by atoms with Crippen molar-refractivity contribution in [2.24, 2.45) is 0 Å². The van der Waals surface area contributed by atoms with Gasteiger partial charge in [-0.15, -0.1) is 0 Å². The first-order valence-corrected chi connectivity index (χ1v) is 7.06. The van der Waals surface area contributed by atoms with E-state index in [1.54, 1.807) is 6.92 Å². The van der Waals surface area contributed by atoms with Crippen LogP contribution in [0.2, 0.25) is 0 Å². The van der Waals surface area contributed by atoms with Gasteiger partial charge >= 0.3 is 0 Å². The third-order valence-electron chi connectivity index (χ3n) is 2.48. The fourth-order valence-corrected chi connectivity index (χ4v) is 2.63. The molecule has 1 unspecified atom stereocenters. The summed E-state index contributed by atoms with van der Waals surface area (Å²) in [4.78, 5) is 0. The quantitative estimate of drug-likeness (QED) is 0.817. The Labute approximate surface area is 123 Å². The molecule has 0 radical (unpaired) electrons. The zero-order chi connectivity index (χ0) is 13.1. The fourth-order valence-electron chi connectivity index (χ4n) is 1.50. The summed E-state index contributed by atoms with van der Waals surface area (Å²) in [6.45, 7) is 1.74. The highest BCUT2D eigenvalue weighted by molar-refractivity contribution is 9.11. The van der Waals surface area contributed by atoms with Crippen LogP contribution in [0.4, 0.5) is 0 Å².